The number of fused-ring (bicyclic) bond motifs is 1. The Hall–Kier alpha value is -1.40. The molecule has 126 valence electrons. The van der Waals surface area contributed by atoms with Crippen LogP contribution >= 0.6 is 0 Å². The van der Waals surface area contributed by atoms with Gasteiger partial charge in [-0.25, -0.2) is 8.42 Å². The summed E-state index contributed by atoms with van der Waals surface area (Å²) in [6, 6.07) is 5.19. The van der Waals surface area contributed by atoms with Gasteiger partial charge in [0.2, 0.25) is 5.91 Å². The van der Waals surface area contributed by atoms with E-state index in [2.05, 4.69) is 0 Å². The highest BCUT2D eigenvalue weighted by Crippen LogP contribution is 2.34. The number of sulfone groups is 1. The van der Waals surface area contributed by atoms with Gasteiger partial charge in [0.15, 0.2) is 9.84 Å². The first-order valence-corrected chi connectivity index (χ1v) is 9.67. The first-order chi connectivity index (χ1) is 10.8. The van der Waals surface area contributed by atoms with Gasteiger partial charge in [0, 0.05) is 12.6 Å². The van der Waals surface area contributed by atoms with Crippen molar-refractivity contribution < 1.29 is 18.3 Å². The van der Waals surface area contributed by atoms with E-state index >= 15 is 0 Å². The summed E-state index contributed by atoms with van der Waals surface area (Å²) in [6.07, 6.45) is 1.96. The smallest absolute Gasteiger partial charge is 0.241 e. The van der Waals surface area contributed by atoms with Gasteiger partial charge >= 0.3 is 0 Å². The zero-order valence-corrected chi connectivity index (χ0v) is 14.3. The molecule has 6 heteroatoms. The maximum Gasteiger partial charge on any atom is 0.241 e. The van der Waals surface area contributed by atoms with E-state index in [1.54, 1.807) is 24.0 Å². The molecule has 2 heterocycles. The normalized spacial score (nSPS) is 27.0. The van der Waals surface area contributed by atoms with Crippen molar-refractivity contribution in [1.29, 1.82) is 0 Å². The summed E-state index contributed by atoms with van der Waals surface area (Å²) in [6.45, 7) is 4.20. The lowest BCUT2D eigenvalue weighted by atomic mass is 10.1. The number of carbonyl (C=O) groups is 1. The maximum absolute atomic E-state index is 12.9. The lowest BCUT2D eigenvalue weighted by Crippen LogP contribution is -2.45. The Morgan fingerprint density at radius 2 is 2.17 bits per heavy atom. The van der Waals surface area contributed by atoms with Crippen LogP contribution in [0.5, 0.6) is 0 Å². The maximum atomic E-state index is 12.9. The van der Waals surface area contributed by atoms with Gasteiger partial charge in [0.05, 0.1) is 11.0 Å². The number of benzene rings is 1. The van der Waals surface area contributed by atoms with Crippen molar-refractivity contribution in [2.24, 2.45) is 0 Å². The molecule has 3 unspecified atom stereocenters. The van der Waals surface area contributed by atoms with Crippen LogP contribution in [0.15, 0.2) is 23.1 Å². The van der Waals surface area contributed by atoms with Crippen LogP contribution in [0.1, 0.15) is 37.3 Å². The summed E-state index contributed by atoms with van der Waals surface area (Å²) in [4.78, 5) is 14.8. The second kappa shape index (κ2) is 5.91. The largest absolute Gasteiger partial charge is 0.393 e. The molecule has 0 saturated carbocycles. The first kappa shape index (κ1) is 16.5. The molecule has 1 saturated heterocycles. The topological polar surface area (TPSA) is 74.7 Å². The molecule has 1 aromatic rings. The number of hydrogen-bond donors (Lipinski definition) is 1. The van der Waals surface area contributed by atoms with Crippen LogP contribution in [0.2, 0.25) is 0 Å². The molecule has 1 N–H and O–H groups in total. The van der Waals surface area contributed by atoms with Gasteiger partial charge in [-0.15, -0.1) is 0 Å². The average Bonchev–Trinajstić information content (AvgIpc) is 3.00. The minimum absolute atomic E-state index is 0.0526. The molecule has 23 heavy (non-hydrogen) atoms. The Balaban J connectivity index is 1.87. The summed E-state index contributed by atoms with van der Waals surface area (Å²) in [5.74, 6) is -0.304. The fraction of sp³-hybridized carbons (Fsp3) is 0.588. The molecule has 0 aromatic heterocycles. The van der Waals surface area contributed by atoms with Gasteiger partial charge < -0.3 is 10.0 Å². The van der Waals surface area contributed by atoms with Gasteiger partial charge in [0.1, 0.15) is 5.25 Å². The summed E-state index contributed by atoms with van der Waals surface area (Å²) >= 11 is 0. The number of aryl methyl sites for hydroxylation is 1. The number of aliphatic hydroxyl groups is 1. The van der Waals surface area contributed by atoms with Crippen LogP contribution in [0.4, 0.5) is 0 Å². The molecule has 3 atom stereocenters. The van der Waals surface area contributed by atoms with Crippen molar-refractivity contribution in [3.63, 3.8) is 0 Å². The Kier molecular flexibility index (Phi) is 4.23. The number of carbonyl (C=O) groups excluding carboxylic acids is 1. The highest BCUT2D eigenvalue weighted by Gasteiger charge is 2.45. The van der Waals surface area contributed by atoms with Crippen LogP contribution in [0.25, 0.3) is 0 Å². The second-order valence-corrected chi connectivity index (χ2v) is 8.86. The van der Waals surface area contributed by atoms with E-state index in [0.717, 1.165) is 24.0 Å². The van der Waals surface area contributed by atoms with Crippen LogP contribution in [-0.4, -0.2) is 48.3 Å². The SMILES string of the molecule is Cc1ccc2c(c1)CC(C(=O)N1CCCC1CC(C)O)S2(=O)=O. The van der Waals surface area contributed by atoms with Crippen LogP contribution < -0.4 is 0 Å². The monoisotopic (exact) mass is 337 g/mol. The summed E-state index contributed by atoms with van der Waals surface area (Å²) < 4.78 is 25.5. The van der Waals surface area contributed by atoms with E-state index in [1.807, 2.05) is 13.0 Å². The van der Waals surface area contributed by atoms with Gasteiger partial charge in [0.25, 0.3) is 0 Å². The van der Waals surface area contributed by atoms with E-state index in [1.165, 1.54) is 0 Å². The third-order valence-electron chi connectivity index (χ3n) is 4.85. The van der Waals surface area contributed by atoms with Gasteiger partial charge in [-0.2, -0.15) is 0 Å². The lowest BCUT2D eigenvalue weighted by Gasteiger charge is -2.27. The quantitative estimate of drug-likeness (QED) is 0.906. The van der Waals surface area contributed by atoms with E-state index in [0.29, 0.717) is 17.9 Å². The minimum atomic E-state index is -3.61. The zero-order chi connectivity index (χ0) is 16.8. The van der Waals surface area contributed by atoms with E-state index in [9.17, 15) is 18.3 Å². The van der Waals surface area contributed by atoms with Crippen LogP contribution in [0.3, 0.4) is 0 Å². The van der Waals surface area contributed by atoms with Crippen molar-refractivity contribution in [3.8, 4) is 0 Å². The van der Waals surface area contributed by atoms with E-state index < -0.39 is 21.2 Å². The van der Waals surface area contributed by atoms with Crippen molar-refractivity contribution >= 4 is 15.7 Å². The Bertz CT molecular complexity index is 726. The fourth-order valence-electron chi connectivity index (χ4n) is 3.78. The number of hydrogen-bond acceptors (Lipinski definition) is 4. The number of nitrogens with zero attached hydrogens (tertiary/aromatic N) is 1. The molecule has 0 radical (unpaired) electrons. The number of rotatable bonds is 3. The summed E-state index contributed by atoms with van der Waals surface area (Å²) in [5, 5.41) is 8.59. The molecule has 0 aliphatic carbocycles. The fourth-order valence-corrected chi connectivity index (χ4v) is 5.65. The molecular weight excluding hydrogens is 314 g/mol. The number of likely N-dealkylation sites (tertiary alicyclic amines) is 1. The molecule has 0 bridgehead atoms. The third-order valence-corrected chi connectivity index (χ3v) is 6.98. The van der Waals surface area contributed by atoms with Gasteiger partial charge in [-0.1, -0.05) is 17.7 Å². The lowest BCUT2D eigenvalue weighted by molar-refractivity contribution is -0.131. The van der Waals surface area contributed by atoms with Crippen molar-refractivity contribution in [2.45, 2.75) is 61.8 Å². The average molecular weight is 337 g/mol. The van der Waals surface area contributed by atoms with E-state index in [4.69, 9.17) is 0 Å². The molecule has 1 aromatic carbocycles. The highest BCUT2D eigenvalue weighted by atomic mass is 32.2. The molecule has 1 amide bonds. The highest BCUT2D eigenvalue weighted by molar-refractivity contribution is 7.93. The Morgan fingerprint density at radius 3 is 2.87 bits per heavy atom. The second-order valence-electron chi connectivity index (χ2n) is 6.76. The number of aliphatic hydroxyl groups excluding tert-OH is 1. The first-order valence-electron chi connectivity index (χ1n) is 8.12. The van der Waals surface area contributed by atoms with Crippen LogP contribution in [-0.2, 0) is 21.1 Å². The van der Waals surface area contributed by atoms with Gasteiger partial charge in [-0.05, 0) is 51.2 Å². The molecule has 2 aliphatic rings. The zero-order valence-electron chi connectivity index (χ0n) is 13.5. The van der Waals surface area contributed by atoms with Gasteiger partial charge in [-0.3, -0.25) is 4.79 Å². The summed E-state index contributed by atoms with van der Waals surface area (Å²) in [7, 11) is -3.61. The Morgan fingerprint density at radius 1 is 1.43 bits per heavy atom. The predicted octanol–water partition coefficient (Wildman–Crippen LogP) is 1.46. The molecule has 5 nitrogen and oxygen atoms in total. The minimum Gasteiger partial charge on any atom is -0.393 e. The van der Waals surface area contributed by atoms with E-state index in [-0.39, 0.29) is 18.4 Å². The molecular formula is C17H23NO4S. The van der Waals surface area contributed by atoms with Crippen LogP contribution in [0, 0.1) is 6.92 Å². The molecule has 2 aliphatic heterocycles. The van der Waals surface area contributed by atoms with Crippen molar-refractivity contribution in [1.82, 2.24) is 4.90 Å². The molecule has 3 rings (SSSR count). The third kappa shape index (κ3) is 2.90. The molecule has 0 spiro atoms. The summed E-state index contributed by atoms with van der Waals surface area (Å²) in [5.41, 5.74) is 1.75. The van der Waals surface area contributed by atoms with Crippen molar-refractivity contribution in [2.75, 3.05) is 6.54 Å². The molecule has 1 fully saturated rings. The number of amides is 1. The van der Waals surface area contributed by atoms with Crippen molar-refractivity contribution in [3.05, 3.63) is 29.3 Å². The Labute approximate surface area is 137 Å². The predicted molar refractivity (Wildman–Crippen MR) is 86.9 cm³/mol. The standard InChI is InChI=1S/C17H23NO4S/c1-11-5-6-15-13(8-11)10-16(23(15,21)22)17(20)18-7-3-4-14(18)9-12(2)19/h5-6,8,12,14,16,19H,3-4,7,9-10H2,1-2H3.